The lowest BCUT2D eigenvalue weighted by Gasteiger charge is -2.19. The van der Waals surface area contributed by atoms with Gasteiger partial charge < -0.3 is 10.1 Å². The van der Waals surface area contributed by atoms with Crippen LogP contribution in [0.2, 0.25) is 0 Å². The zero-order valence-electron chi connectivity index (χ0n) is 12.7. The van der Waals surface area contributed by atoms with Gasteiger partial charge in [0.1, 0.15) is 12.3 Å². The molecule has 1 aromatic heterocycles. The minimum Gasteiger partial charge on any atom is -0.442 e. The summed E-state index contributed by atoms with van der Waals surface area (Å²) in [5.74, 6) is -0.117. The maximum atomic E-state index is 12.2. The minimum atomic E-state index is -0.469. The van der Waals surface area contributed by atoms with Gasteiger partial charge in [0.05, 0.1) is 4.88 Å². The zero-order chi connectivity index (χ0) is 16.4. The largest absolute Gasteiger partial charge is 0.442 e. The highest BCUT2D eigenvalue weighted by Gasteiger charge is 2.19. The van der Waals surface area contributed by atoms with Crippen LogP contribution in [-0.2, 0) is 4.74 Å². The molecule has 3 rings (SSSR count). The third-order valence-corrected chi connectivity index (χ3v) is 4.43. The van der Waals surface area contributed by atoms with Crippen LogP contribution >= 0.6 is 11.3 Å². The number of thiophene rings is 1. The number of carbonyl (C=O) groups excluding carboxylic acids is 2. The van der Waals surface area contributed by atoms with Gasteiger partial charge in [0.2, 0.25) is 0 Å². The fraction of sp³-hybridized carbons (Fsp3) is 0.188. The molecule has 2 heterocycles. The smallest absolute Gasteiger partial charge is 0.430 e. The number of nitrogens with one attached hydrogen (secondary N) is 1. The number of hydrazone groups is 1. The number of anilines is 1. The summed E-state index contributed by atoms with van der Waals surface area (Å²) in [6, 6.07) is 9.19. The maximum Gasteiger partial charge on any atom is 0.430 e. The van der Waals surface area contributed by atoms with E-state index in [1.165, 1.54) is 11.3 Å². The molecule has 0 atom stereocenters. The Morgan fingerprint density at radius 3 is 2.65 bits per heavy atom. The van der Waals surface area contributed by atoms with E-state index in [-0.39, 0.29) is 12.5 Å². The summed E-state index contributed by atoms with van der Waals surface area (Å²) in [7, 11) is 1.54. The number of carbonyl (C=O) groups is 2. The molecule has 0 saturated heterocycles. The molecule has 6 nitrogen and oxygen atoms in total. The van der Waals surface area contributed by atoms with Crippen molar-refractivity contribution >= 4 is 34.7 Å². The van der Waals surface area contributed by atoms with Gasteiger partial charge in [-0.2, -0.15) is 5.10 Å². The fourth-order valence-electron chi connectivity index (χ4n) is 2.15. The molecule has 2 aromatic rings. The Morgan fingerprint density at radius 1 is 1.30 bits per heavy atom. The van der Waals surface area contributed by atoms with E-state index in [1.807, 2.05) is 30.5 Å². The first-order valence-corrected chi connectivity index (χ1v) is 7.86. The molecule has 7 heteroatoms. The van der Waals surface area contributed by atoms with Gasteiger partial charge in [0.25, 0.3) is 5.91 Å². The van der Waals surface area contributed by atoms with Gasteiger partial charge in [0, 0.05) is 18.3 Å². The standard InChI is InChI=1S/C16H15N3O3S/c1-10-7-8-23-14(10)15(20)17-12-5-3-11(4-6-12)13-9-22-16(21)19(2)18-13/h3-8H,9H2,1-2H3,(H,17,20). The first-order chi connectivity index (χ1) is 11.0. The lowest BCUT2D eigenvalue weighted by molar-refractivity contribution is 0.102. The van der Waals surface area contributed by atoms with Crippen molar-refractivity contribution in [1.29, 1.82) is 0 Å². The number of benzene rings is 1. The molecule has 0 radical (unpaired) electrons. The van der Waals surface area contributed by atoms with Crippen molar-refractivity contribution in [1.82, 2.24) is 5.01 Å². The summed E-state index contributed by atoms with van der Waals surface area (Å²) in [6.45, 7) is 2.05. The molecule has 1 aliphatic rings. The average Bonchev–Trinajstić information content (AvgIpc) is 2.97. The second-order valence-corrected chi connectivity index (χ2v) is 6.01. The van der Waals surface area contributed by atoms with Crippen molar-refractivity contribution in [3.63, 3.8) is 0 Å². The van der Waals surface area contributed by atoms with E-state index in [0.29, 0.717) is 16.3 Å². The molecule has 1 aromatic carbocycles. The normalized spacial score (nSPS) is 14.3. The summed E-state index contributed by atoms with van der Waals surface area (Å²) in [6.07, 6.45) is -0.469. The molecule has 23 heavy (non-hydrogen) atoms. The van der Waals surface area contributed by atoms with E-state index in [1.54, 1.807) is 19.2 Å². The quantitative estimate of drug-likeness (QED) is 0.940. The summed E-state index contributed by atoms with van der Waals surface area (Å²) in [5, 5.41) is 10.1. The van der Waals surface area contributed by atoms with E-state index in [9.17, 15) is 9.59 Å². The van der Waals surface area contributed by atoms with Crippen molar-refractivity contribution in [2.24, 2.45) is 5.10 Å². The molecule has 1 N–H and O–H groups in total. The first-order valence-electron chi connectivity index (χ1n) is 6.98. The summed E-state index contributed by atoms with van der Waals surface area (Å²) < 4.78 is 5.00. The predicted molar refractivity (Wildman–Crippen MR) is 89.1 cm³/mol. The van der Waals surface area contributed by atoms with Crippen LogP contribution in [0.4, 0.5) is 10.5 Å². The Balaban J connectivity index is 1.73. The minimum absolute atomic E-state index is 0.117. The van der Waals surface area contributed by atoms with E-state index in [2.05, 4.69) is 10.4 Å². The molecular formula is C16H15N3O3S. The van der Waals surface area contributed by atoms with Crippen LogP contribution in [0.25, 0.3) is 0 Å². The number of aryl methyl sites for hydroxylation is 1. The zero-order valence-corrected chi connectivity index (χ0v) is 13.5. The molecule has 0 spiro atoms. The fourth-order valence-corrected chi connectivity index (χ4v) is 2.97. The topological polar surface area (TPSA) is 71.0 Å². The highest BCUT2D eigenvalue weighted by Crippen LogP contribution is 2.19. The molecule has 1 aliphatic heterocycles. The van der Waals surface area contributed by atoms with Crippen LogP contribution in [-0.4, -0.2) is 36.4 Å². The van der Waals surface area contributed by atoms with Crippen LogP contribution < -0.4 is 5.32 Å². The average molecular weight is 329 g/mol. The van der Waals surface area contributed by atoms with Gasteiger partial charge >= 0.3 is 6.09 Å². The highest BCUT2D eigenvalue weighted by atomic mass is 32.1. The Morgan fingerprint density at radius 2 is 2.04 bits per heavy atom. The second kappa shape index (κ2) is 6.21. The van der Waals surface area contributed by atoms with Crippen molar-refractivity contribution in [3.05, 3.63) is 51.7 Å². The molecular weight excluding hydrogens is 314 g/mol. The third-order valence-electron chi connectivity index (χ3n) is 3.41. The maximum absolute atomic E-state index is 12.2. The van der Waals surface area contributed by atoms with E-state index in [4.69, 9.17) is 4.74 Å². The number of ether oxygens (including phenoxy) is 1. The predicted octanol–water partition coefficient (Wildman–Crippen LogP) is 3.09. The third kappa shape index (κ3) is 3.24. The van der Waals surface area contributed by atoms with E-state index in [0.717, 1.165) is 16.1 Å². The second-order valence-electron chi connectivity index (χ2n) is 5.09. The van der Waals surface area contributed by atoms with Crippen LogP contribution in [0.1, 0.15) is 20.8 Å². The summed E-state index contributed by atoms with van der Waals surface area (Å²) in [4.78, 5) is 24.1. The Kier molecular flexibility index (Phi) is 4.12. The summed E-state index contributed by atoms with van der Waals surface area (Å²) in [5.41, 5.74) is 3.17. The SMILES string of the molecule is Cc1ccsc1C(=O)Nc1ccc(C2=NN(C)C(=O)OC2)cc1. The van der Waals surface area contributed by atoms with Crippen LogP contribution in [0.15, 0.2) is 40.8 Å². The number of nitrogens with zero attached hydrogens (tertiary/aromatic N) is 2. The van der Waals surface area contributed by atoms with Gasteiger partial charge in [0.15, 0.2) is 0 Å². The molecule has 0 saturated carbocycles. The number of cyclic esters (lactones) is 1. The van der Waals surface area contributed by atoms with Gasteiger partial charge in [-0.3, -0.25) is 4.79 Å². The number of amides is 2. The summed E-state index contributed by atoms with van der Waals surface area (Å²) >= 11 is 1.42. The highest BCUT2D eigenvalue weighted by molar-refractivity contribution is 7.12. The Bertz CT molecular complexity index is 780. The molecule has 2 amide bonds. The van der Waals surface area contributed by atoms with Crippen molar-refractivity contribution in [3.8, 4) is 0 Å². The number of hydrogen-bond donors (Lipinski definition) is 1. The number of rotatable bonds is 3. The van der Waals surface area contributed by atoms with Crippen LogP contribution in [0.5, 0.6) is 0 Å². The van der Waals surface area contributed by atoms with Crippen molar-refractivity contribution < 1.29 is 14.3 Å². The van der Waals surface area contributed by atoms with Crippen LogP contribution in [0, 0.1) is 6.92 Å². The monoisotopic (exact) mass is 329 g/mol. The van der Waals surface area contributed by atoms with Gasteiger partial charge in [-0.25, -0.2) is 9.80 Å². The first kappa shape index (κ1) is 15.2. The van der Waals surface area contributed by atoms with E-state index >= 15 is 0 Å². The lowest BCUT2D eigenvalue weighted by Crippen LogP contribution is -2.32. The van der Waals surface area contributed by atoms with Crippen molar-refractivity contribution in [2.45, 2.75) is 6.92 Å². The van der Waals surface area contributed by atoms with Gasteiger partial charge in [-0.1, -0.05) is 12.1 Å². The molecule has 0 fully saturated rings. The molecule has 118 valence electrons. The van der Waals surface area contributed by atoms with Gasteiger partial charge in [-0.05, 0) is 36.1 Å². The Hall–Kier alpha value is -2.67. The lowest BCUT2D eigenvalue weighted by atomic mass is 10.1. The van der Waals surface area contributed by atoms with Crippen molar-refractivity contribution in [2.75, 3.05) is 19.0 Å². The Labute approximate surface area is 137 Å². The van der Waals surface area contributed by atoms with E-state index < -0.39 is 6.09 Å². The number of hydrogen-bond acceptors (Lipinski definition) is 5. The molecule has 0 unspecified atom stereocenters. The molecule has 0 aliphatic carbocycles. The molecule has 0 bridgehead atoms. The van der Waals surface area contributed by atoms with Gasteiger partial charge in [-0.15, -0.1) is 11.3 Å². The van der Waals surface area contributed by atoms with Crippen LogP contribution in [0.3, 0.4) is 0 Å².